The SMILES string of the molecule is CC(C)(C)CS(=O)(=O)c1ccc(NC(=O)[C@H](CC2CCCCC2)NC(=O)c2ccc(C(F)(F)F)cc2)cc1. The Morgan fingerprint density at radius 1 is 0.921 bits per heavy atom. The second-order valence-electron chi connectivity index (χ2n) is 11.2. The predicted molar refractivity (Wildman–Crippen MR) is 140 cm³/mol. The Bertz CT molecular complexity index is 1210. The van der Waals surface area contributed by atoms with Crippen molar-refractivity contribution in [3.8, 4) is 0 Å². The summed E-state index contributed by atoms with van der Waals surface area (Å²) >= 11 is 0. The maximum atomic E-state index is 13.2. The van der Waals surface area contributed by atoms with Crippen molar-refractivity contribution in [3.63, 3.8) is 0 Å². The summed E-state index contributed by atoms with van der Waals surface area (Å²) in [4.78, 5) is 26.2. The first-order valence-corrected chi connectivity index (χ1v) is 14.4. The first-order chi connectivity index (χ1) is 17.6. The number of anilines is 1. The van der Waals surface area contributed by atoms with E-state index in [0.29, 0.717) is 12.1 Å². The zero-order valence-corrected chi connectivity index (χ0v) is 22.7. The Hall–Kier alpha value is -2.88. The summed E-state index contributed by atoms with van der Waals surface area (Å²) in [6.45, 7) is 5.51. The number of carbonyl (C=O) groups is 2. The molecule has 1 aliphatic carbocycles. The standard InChI is InChI=1S/C28H35F3N2O4S/c1-27(2,3)18-38(36,37)23-15-13-22(14-16-23)32-26(35)24(17-19-7-5-4-6-8-19)33-25(34)20-9-11-21(12-10-20)28(29,30)31/h9-16,19,24H,4-8,17-18H2,1-3H3,(H,32,35)(H,33,34)/t24-/m0/s1. The molecule has 2 aromatic rings. The van der Waals surface area contributed by atoms with Crippen LogP contribution < -0.4 is 10.6 Å². The lowest BCUT2D eigenvalue weighted by Gasteiger charge is -2.26. The fraction of sp³-hybridized carbons (Fsp3) is 0.500. The highest BCUT2D eigenvalue weighted by Gasteiger charge is 2.31. The first-order valence-electron chi connectivity index (χ1n) is 12.8. The van der Waals surface area contributed by atoms with Crippen LogP contribution in [0.3, 0.4) is 0 Å². The number of hydrogen-bond acceptors (Lipinski definition) is 4. The average molecular weight is 553 g/mol. The number of rotatable bonds is 8. The minimum atomic E-state index is -4.51. The van der Waals surface area contributed by atoms with Crippen molar-refractivity contribution >= 4 is 27.3 Å². The van der Waals surface area contributed by atoms with Crippen molar-refractivity contribution in [1.82, 2.24) is 5.32 Å². The molecule has 1 fully saturated rings. The Labute approximate surface area is 222 Å². The van der Waals surface area contributed by atoms with E-state index in [1.54, 1.807) is 0 Å². The molecule has 208 valence electrons. The van der Waals surface area contributed by atoms with Gasteiger partial charge in [0.1, 0.15) is 6.04 Å². The van der Waals surface area contributed by atoms with Crippen LogP contribution in [0.25, 0.3) is 0 Å². The first kappa shape index (κ1) is 29.7. The van der Waals surface area contributed by atoms with Crippen LogP contribution >= 0.6 is 0 Å². The van der Waals surface area contributed by atoms with E-state index in [1.165, 1.54) is 24.3 Å². The van der Waals surface area contributed by atoms with Gasteiger partial charge in [0.2, 0.25) is 5.91 Å². The molecule has 1 aliphatic rings. The van der Waals surface area contributed by atoms with E-state index < -0.39 is 44.8 Å². The molecule has 0 bridgehead atoms. The van der Waals surface area contributed by atoms with Crippen LogP contribution in [0.4, 0.5) is 18.9 Å². The summed E-state index contributed by atoms with van der Waals surface area (Å²) in [7, 11) is -3.50. The van der Waals surface area contributed by atoms with Crippen LogP contribution in [0, 0.1) is 11.3 Å². The Morgan fingerprint density at radius 3 is 2.03 bits per heavy atom. The minimum Gasteiger partial charge on any atom is -0.340 e. The molecule has 38 heavy (non-hydrogen) atoms. The highest BCUT2D eigenvalue weighted by molar-refractivity contribution is 7.91. The van der Waals surface area contributed by atoms with Gasteiger partial charge in [0.25, 0.3) is 5.91 Å². The molecule has 0 saturated heterocycles. The maximum Gasteiger partial charge on any atom is 0.416 e. The van der Waals surface area contributed by atoms with Crippen LogP contribution in [0.1, 0.15) is 75.2 Å². The van der Waals surface area contributed by atoms with E-state index in [-0.39, 0.29) is 22.1 Å². The fourth-order valence-corrected chi connectivity index (χ4v) is 6.53. The van der Waals surface area contributed by atoms with E-state index in [0.717, 1.165) is 56.4 Å². The molecule has 2 N–H and O–H groups in total. The van der Waals surface area contributed by atoms with Crippen LogP contribution in [0.15, 0.2) is 53.4 Å². The molecule has 0 unspecified atom stereocenters. The van der Waals surface area contributed by atoms with Gasteiger partial charge in [-0.15, -0.1) is 0 Å². The second kappa shape index (κ2) is 11.9. The number of halogens is 3. The van der Waals surface area contributed by atoms with Gasteiger partial charge in [-0.3, -0.25) is 9.59 Å². The molecule has 1 saturated carbocycles. The summed E-state index contributed by atoms with van der Waals surface area (Å²) in [5.41, 5.74) is -0.878. The van der Waals surface area contributed by atoms with Gasteiger partial charge in [-0.25, -0.2) is 8.42 Å². The normalized spacial score (nSPS) is 16.1. The van der Waals surface area contributed by atoms with Crippen LogP contribution in [-0.4, -0.2) is 32.0 Å². The lowest BCUT2D eigenvalue weighted by Crippen LogP contribution is -2.45. The zero-order chi connectivity index (χ0) is 28.1. The Morgan fingerprint density at radius 2 is 1.50 bits per heavy atom. The van der Waals surface area contributed by atoms with Gasteiger partial charge in [0, 0.05) is 11.3 Å². The molecule has 6 nitrogen and oxygen atoms in total. The molecule has 2 amide bonds. The molecular formula is C28H35F3N2O4S. The van der Waals surface area contributed by atoms with E-state index >= 15 is 0 Å². The van der Waals surface area contributed by atoms with E-state index in [4.69, 9.17) is 0 Å². The second-order valence-corrected chi connectivity index (χ2v) is 13.2. The highest BCUT2D eigenvalue weighted by atomic mass is 32.2. The van der Waals surface area contributed by atoms with Crippen LogP contribution in [0.2, 0.25) is 0 Å². The third-order valence-electron chi connectivity index (χ3n) is 6.49. The van der Waals surface area contributed by atoms with E-state index in [9.17, 15) is 31.2 Å². The van der Waals surface area contributed by atoms with Crippen LogP contribution in [-0.2, 0) is 20.8 Å². The molecule has 0 aliphatic heterocycles. The summed E-state index contributed by atoms with van der Waals surface area (Å²) in [6.07, 6.45) is 0.944. The van der Waals surface area contributed by atoms with Crippen molar-refractivity contribution in [1.29, 1.82) is 0 Å². The summed E-state index contributed by atoms with van der Waals surface area (Å²) < 4.78 is 63.9. The molecule has 2 aromatic carbocycles. The van der Waals surface area contributed by atoms with Gasteiger partial charge in [0.15, 0.2) is 9.84 Å². The van der Waals surface area contributed by atoms with Gasteiger partial charge in [-0.05, 0) is 66.3 Å². The van der Waals surface area contributed by atoms with Crippen molar-refractivity contribution < 1.29 is 31.2 Å². The van der Waals surface area contributed by atoms with Gasteiger partial charge < -0.3 is 10.6 Å². The van der Waals surface area contributed by atoms with E-state index in [2.05, 4.69) is 10.6 Å². The Kier molecular flexibility index (Phi) is 9.28. The summed E-state index contributed by atoms with van der Waals surface area (Å²) in [5, 5.41) is 5.44. The zero-order valence-electron chi connectivity index (χ0n) is 21.9. The van der Waals surface area contributed by atoms with Gasteiger partial charge >= 0.3 is 6.18 Å². The topological polar surface area (TPSA) is 92.3 Å². The monoisotopic (exact) mass is 552 g/mol. The third kappa shape index (κ3) is 8.58. The smallest absolute Gasteiger partial charge is 0.340 e. The largest absolute Gasteiger partial charge is 0.416 e. The highest BCUT2D eigenvalue weighted by Crippen LogP contribution is 2.30. The molecule has 1 atom stereocenters. The molecule has 0 heterocycles. The number of alkyl halides is 3. The molecule has 0 aromatic heterocycles. The summed E-state index contributed by atoms with van der Waals surface area (Å²) in [6, 6.07) is 8.82. The lowest BCUT2D eigenvalue weighted by molar-refractivity contribution is -0.137. The number of hydrogen-bond donors (Lipinski definition) is 2. The number of nitrogens with one attached hydrogen (secondary N) is 2. The fourth-order valence-electron chi connectivity index (χ4n) is 4.67. The van der Waals surface area contributed by atoms with Gasteiger partial charge in [0.05, 0.1) is 16.2 Å². The maximum absolute atomic E-state index is 13.2. The minimum absolute atomic E-state index is 0.0212. The summed E-state index contributed by atoms with van der Waals surface area (Å²) in [5.74, 6) is -0.901. The molecule has 3 rings (SSSR count). The van der Waals surface area contributed by atoms with Gasteiger partial charge in [-0.1, -0.05) is 52.9 Å². The van der Waals surface area contributed by atoms with Crippen LogP contribution in [0.5, 0.6) is 0 Å². The average Bonchev–Trinajstić information content (AvgIpc) is 2.82. The molecule has 10 heteroatoms. The van der Waals surface area contributed by atoms with Crippen molar-refractivity contribution in [2.24, 2.45) is 11.3 Å². The van der Waals surface area contributed by atoms with E-state index in [1.807, 2.05) is 20.8 Å². The predicted octanol–water partition coefficient (Wildman–Crippen LogP) is 6.23. The molecule has 0 spiro atoms. The molecule has 0 radical (unpaired) electrons. The molecular weight excluding hydrogens is 517 g/mol. The van der Waals surface area contributed by atoms with Gasteiger partial charge in [-0.2, -0.15) is 13.2 Å². The third-order valence-corrected chi connectivity index (χ3v) is 8.73. The number of amides is 2. The number of carbonyl (C=O) groups excluding carboxylic acids is 2. The van der Waals surface area contributed by atoms with Crippen molar-refractivity contribution in [2.75, 3.05) is 11.1 Å². The Balaban J connectivity index is 1.74. The lowest BCUT2D eigenvalue weighted by atomic mass is 9.84. The van der Waals surface area contributed by atoms with Crippen molar-refractivity contribution in [3.05, 3.63) is 59.7 Å². The van der Waals surface area contributed by atoms with Crippen molar-refractivity contribution in [2.45, 2.75) is 76.4 Å². The number of sulfone groups is 1. The quantitative estimate of drug-likeness (QED) is 0.406. The number of benzene rings is 2.